The largest absolute Gasteiger partial charge is 0.366 e. The maximum Gasteiger partial charge on any atom is 0.152 e. The summed E-state index contributed by atoms with van der Waals surface area (Å²) in [7, 11) is 0. The molecular formula is C16H22BrN3O. The van der Waals surface area contributed by atoms with E-state index in [1.54, 1.807) is 0 Å². The van der Waals surface area contributed by atoms with Crippen molar-refractivity contribution >= 4 is 27.4 Å². The van der Waals surface area contributed by atoms with Crippen molar-refractivity contribution in [3.8, 4) is 0 Å². The minimum atomic E-state index is -0.179. The van der Waals surface area contributed by atoms with Crippen molar-refractivity contribution in [1.29, 1.82) is 0 Å². The monoisotopic (exact) mass is 351 g/mol. The Kier molecular flexibility index (Phi) is 3.53. The molecule has 0 N–H and O–H groups in total. The Morgan fingerprint density at radius 2 is 1.86 bits per heavy atom. The van der Waals surface area contributed by atoms with Gasteiger partial charge in [0, 0.05) is 24.6 Å². The second kappa shape index (κ2) is 4.99. The Labute approximate surface area is 134 Å². The number of hydrogen-bond acceptors (Lipinski definition) is 3. The Morgan fingerprint density at radius 3 is 2.48 bits per heavy atom. The van der Waals surface area contributed by atoms with Crippen LogP contribution in [0.25, 0.3) is 5.65 Å². The summed E-state index contributed by atoms with van der Waals surface area (Å²) in [6.07, 6.45) is 2.07. The number of halogens is 1. The summed E-state index contributed by atoms with van der Waals surface area (Å²) in [5, 5.41) is 0.783. The molecule has 3 heterocycles. The number of morpholine rings is 1. The molecule has 1 fully saturated rings. The minimum Gasteiger partial charge on any atom is -0.366 e. The lowest BCUT2D eigenvalue weighted by molar-refractivity contribution is -0.133. The summed E-state index contributed by atoms with van der Waals surface area (Å²) >= 11 is 3.61. The van der Waals surface area contributed by atoms with Gasteiger partial charge in [-0.1, -0.05) is 22.0 Å². The number of ether oxygens (including phenoxy) is 1. The minimum absolute atomic E-state index is 0.179. The van der Waals surface area contributed by atoms with E-state index in [1.807, 2.05) is 18.2 Å². The number of aromatic nitrogens is 2. The Morgan fingerprint density at radius 1 is 1.19 bits per heavy atom. The number of rotatable bonds is 2. The molecule has 0 bridgehead atoms. The van der Waals surface area contributed by atoms with Crippen molar-refractivity contribution in [2.75, 3.05) is 18.0 Å². The zero-order valence-corrected chi connectivity index (χ0v) is 14.6. The van der Waals surface area contributed by atoms with Crippen molar-refractivity contribution in [1.82, 2.24) is 9.38 Å². The molecule has 1 saturated heterocycles. The Hall–Kier alpha value is -1.07. The average molecular weight is 352 g/mol. The second-order valence-corrected chi connectivity index (χ2v) is 7.48. The van der Waals surface area contributed by atoms with Gasteiger partial charge in [-0.05, 0) is 39.8 Å². The molecule has 5 heteroatoms. The van der Waals surface area contributed by atoms with E-state index >= 15 is 0 Å². The zero-order chi connectivity index (χ0) is 15.3. The highest BCUT2D eigenvalue weighted by atomic mass is 79.9. The van der Waals surface area contributed by atoms with Crippen molar-refractivity contribution in [3.63, 3.8) is 0 Å². The molecular weight excluding hydrogens is 330 g/mol. The van der Waals surface area contributed by atoms with Crippen LogP contribution in [0.5, 0.6) is 0 Å². The van der Waals surface area contributed by atoms with E-state index in [-0.39, 0.29) is 11.2 Å². The van der Waals surface area contributed by atoms with Gasteiger partial charge in [0.05, 0.1) is 16.9 Å². The van der Waals surface area contributed by atoms with Crippen LogP contribution in [-0.2, 0) is 10.1 Å². The summed E-state index contributed by atoms with van der Waals surface area (Å²) in [6, 6.07) is 6.11. The van der Waals surface area contributed by atoms with Gasteiger partial charge in [-0.3, -0.25) is 0 Å². The highest BCUT2D eigenvalue weighted by Crippen LogP contribution is 2.33. The van der Waals surface area contributed by atoms with Gasteiger partial charge >= 0.3 is 0 Å². The molecule has 0 aromatic carbocycles. The van der Waals surface area contributed by atoms with Crippen LogP contribution in [-0.4, -0.2) is 33.7 Å². The molecule has 0 atom stereocenters. The molecule has 1 aliphatic rings. The lowest BCUT2D eigenvalue weighted by atomic mass is 9.99. The first-order chi connectivity index (χ1) is 9.81. The molecule has 114 valence electrons. The SMILES string of the molecule is CC1(C)CN(c2nc3ccccn3c2CBr)CC(C)(C)O1. The predicted molar refractivity (Wildman–Crippen MR) is 89.3 cm³/mol. The van der Waals surface area contributed by atoms with Gasteiger partial charge < -0.3 is 14.0 Å². The van der Waals surface area contributed by atoms with Crippen molar-refractivity contribution in [3.05, 3.63) is 30.1 Å². The molecule has 0 amide bonds. The fourth-order valence-electron chi connectivity index (χ4n) is 3.35. The van der Waals surface area contributed by atoms with Gasteiger partial charge in [0.15, 0.2) is 5.82 Å². The number of imidazole rings is 1. The van der Waals surface area contributed by atoms with Crippen LogP contribution in [0.1, 0.15) is 33.4 Å². The normalized spacial score (nSPS) is 20.9. The first kappa shape index (κ1) is 14.9. The van der Waals surface area contributed by atoms with Gasteiger partial charge in [0.1, 0.15) is 5.65 Å². The fourth-order valence-corrected chi connectivity index (χ4v) is 3.87. The quantitative estimate of drug-likeness (QED) is 0.774. The van der Waals surface area contributed by atoms with Crippen molar-refractivity contribution < 1.29 is 4.74 Å². The molecule has 0 saturated carbocycles. The smallest absolute Gasteiger partial charge is 0.152 e. The zero-order valence-electron chi connectivity index (χ0n) is 13.1. The van der Waals surface area contributed by atoms with E-state index in [9.17, 15) is 0 Å². The molecule has 0 radical (unpaired) electrons. The number of hydrogen-bond donors (Lipinski definition) is 0. The standard InChI is InChI=1S/C16H22BrN3O/c1-15(2)10-19(11-16(3,4)21-15)14-12(9-17)20-8-6-5-7-13(20)18-14/h5-8H,9-11H2,1-4H3. The van der Waals surface area contributed by atoms with Gasteiger partial charge in [-0.2, -0.15) is 0 Å². The van der Waals surface area contributed by atoms with Crippen LogP contribution in [0.4, 0.5) is 5.82 Å². The van der Waals surface area contributed by atoms with E-state index in [4.69, 9.17) is 9.72 Å². The van der Waals surface area contributed by atoms with E-state index in [1.165, 1.54) is 5.69 Å². The van der Waals surface area contributed by atoms with Gasteiger partial charge in [-0.25, -0.2) is 4.98 Å². The molecule has 2 aromatic heterocycles. The van der Waals surface area contributed by atoms with Crippen molar-refractivity contribution in [2.24, 2.45) is 0 Å². The number of anilines is 1. The van der Waals surface area contributed by atoms with Crippen LogP contribution in [0.3, 0.4) is 0 Å². The number of nitrogens with zero attached hydrogens (tertiary/aromatic N) is 3. The topological polar surface area (TPSA) is 29.8 Å². The molecule has 0 spiro atoms. The van der Waals surface area contributed by atoms with Crippen LogP contribution in [0.15, 0.2) is 24.4 Å². The lowest BCUT2D eigenvalue weighted by Gasteiger charge is -2.47. The van der Waals surface area contributed by atoms with Crippen molar-refractivity contribution in [2.45, 2.75) is 44.2 Å². The van der Waals surface area contributed by atoms with Crippen LogP contribution in [0.2, 0.25) is 0 Å². The molecule has 0 aliphatic carbocycles. The fraction of sp³-hybridized carbons (Fsp3) is 0.562. The highest BCUT2D eigenvalue weighted by molar-refractivity contribution is 9.08. The van der Waals surface area contributed by atoms with Crippen LogP contribution < -0.4 is 4.90 Å². The molecule has 1 aliphatic heterocycles. The van der Waals surface area contributed by atoms with Gasteiger partial charge in [-0.15, -0.1) is 0 Å². The highest BCUT2D eigenvalue weighted by Gasteiger charge is 2.39. The first-order valence-electron chi connectivity index (χ1n) is 7.28. The number of alkyl halides is 1. The molecule has 3 rings (SSSR count). The molecule has 4 nitrogen and oxygen atoms in total. The summed E-state index contributed by atoms with van der Waals surface area (Å²) in [5.41, 5.74) is 1.82. The number of fused-ring (bicyclic) bond motifs is 1. The Balaban J connectivity index is 2.07. The summed E-state index contributed by atoms with van der Waals surface area (Å²) in [5.74, 6) is 1.06. The maximum absolute atomic E-state index is 6.17. The van der Waals surface area contributed by atoms with Gasteiger partial charge in [0.25, 0.3) is 0 Å². The third-order valence-corrected chi connectivity index (χ3v) is 4.26. The molecule has 21 heavy (non-hydrogen) atoms. The summed E-state index contributed by atoms with van der Waals surface area (Å²) in [6.45, 7) is 10.3. The van der Waals surface area contributed by atoms with E-state index in [0.717, 1.165) is 29.9 Å². The lowest BCUT2D eigenvalue weighted by Crippen LogP contribution is -2.57. The first-order valence-corrected chi connectivity index (χ1v) is 8.41. The number of pyridine rings is 1. The van der Waals surface area contributed by atoms with Crippen LogP contribution >= 0.6 is 15.9 Å². The third kappa shape index (κ3) is 2.81. The summed E-state index contributed by atoms with van der Waals surface area (Å²) < 4.78 is 8.32. The predicted octanol–water partition coefficient (Wildman–Crippen LogP) is 3.62. The molecule has 0 unspecified atom stereocenters. The second-order valence-electron chi connectivity index (χ2n) is 6.92. The molecule has 2 aromatic rings. The maximum atomic E-state index is 6.17. The average Bonchev–Trinajstić information content (AvgIpc) is 2.73. The van der Waals surface area contributed by atoms with Crippen LogP contribution in [0, 0.1) is 0 Å². The Bertz CT molecular complexity index is 647. The van der Waals surface area contributed by atoms with Gasteiger partial charge in [0.2, 0.25) is 0 Å². The van der Waals surface area contributed by atoms with E-state index in [2.05, 4.69) is 59.1 Å². The third-order valence-electron chi connectivity index (χ3n) is 3.73. The van der Waals surface area contributed by atoms with E-state index < -0.39 is 0 Å². The summed E-state index contributed by atoms with van der Waals surface area (Å²) in [4.78, 5) is 7.20. The van der Waals surface area contributed by atoms with E-state index in [0.29, 0.717) is 0 Å².